The van der Waals surface area contributed by atoms with Gasteiger partial charge in [-0.2, -0.15) is 0 Å². The maximum absolute atomic E-state index is 12.4. The highest BCUT2D eigenvalue weighted by Gasteiger charge is 2.09. The second-order valence-corrected chi connectivity index (χ2v) is 6.84. The first kappa shape index (κ1) is 18.7. The minimum atomic E-state index is -0.0501. The molecule has 0 fully saturated rings. The summed E-state index contributed by atoms with van der Waals surface area (Å²) in [5.41, 5.74) is 2.84. The lowest BCUT2D eigenvalue weighted by atomic mass is 10.1. The third-order valence-electron chi connectivity index (χ3n) is 4.33. The number of hydrogen-bond acceptors (Lipinski definition) is 3. The minimum absolute atomic E-state index is 0.0501. The van der Waals surface area contributed by atoms with Crippen molar-refractivity contribution in [1.29, 1.82) is 0 Å². The zero-order valence-electron chi connectivity index (χ0n) is 16.0. The van der Waals surface area contributed by atoms with Crippen molar-refractivity contribution in [3.63, 3.8) is 0 Å². The van der Waals surface area contributed by atoms with Gasteiger partial charge in [-0.15, -0.1) is 0 Å². The van der Waals surface area contributed by atoms with Crippen molar-refractivity contribution in [2.24, 2.45) is 0 Å². The van der Waals surface area contributed by atoms with E-state index in [4.69, 9.17) is 4.74 Å². The molecule has 0 bridgehead atoms. The van der Waals surface area contributed by atoms with E-state index in [1.165, 1.54) is 0 Å². The molecule has 1 aromatic heterocycles. The van der Waals surface area contributed by atoms with Crippen LogP contribution in [0, 0.1) is 0 Å². The zero-order chi connectivity index (χ0) is 19.2. The number of carbonyl (C=O) groups is 1. The zero-order valence-corrected chi connectivity index (χ0v) is 16.0. The van der Waals surface area contributed by atoms with Crippen LogP contribution in [0.4, 0.5) is 5.69 Å². The molecule has 1 N–H and O–H groups in total. The molecule has 0 saturated carbocycles. The maximum atomic E-state index is 12.4. The highest BCUT2D eigenvalue weighted by molar-refractivity contribution is 5.92. The number of ether oxygens (including phenoxy) is 1. The lowest BCUT2D eigenvalue weighted by Crippen LogP contribution is -2.14. The summed E-state index contributed by atoms with van der Waals surface area (Å²) in [6, 6.07) is 15.5. The number of benzene rings is 2. The molecule has 0 radical (unpaired) electrons. The molecule has 0 spiro atoms. The van der Waals surface area contributed by atoms with Crippen LogP contribution in [0.15, 0.2) is 60.9 Å². The van der Waals surface area contributed by atoms with Gasteiger partial charge in [-0.05, 0) is 35.4 Å². The number of amides is 1. The fraction of sp³-hybridized carbons (Fsp3) is 0.273. The standard InChI is InChI=1S/C22H25N3O2/c1-16(2)22-23-10-11-25(22)15-18-7-4-8-19(12-18)24-21(26)14-17-6-5-9-20(13-17)27-3/h4-13,16H,14-15H2,1-3H3,(H,24,26). The highest BCUT2D eigenvalue weighted by Crippen LogP contribution is 2.17. The molecule has 2 aromatic carbocycles. The minimum Gasteiger partial charge on any atom is -0.497 e. The average Bonchev–Trinajstić information content (AvgIpc) is 3.10. The van der Waals surface area contributed by atoms with Crippen LogP contribution in [-0.4, -0.2) is 22.6 Å². The van der Waals surface area contributed by atoms with Gasteiger partial charge in [0.25, 0.3) is 0 Å². The third kappa shape index (κ3) is 4.97. The summed E-state index contributed by atoms with van der Waals surface area (Å²) in [6.45, 7) is 5.00. The molecular formula is C22H25N3O2. The van der Waals surface area contributed by atoms with E-state index in [0.29, 0.717) is 12.3 Å². The summed E-state index contributed by atoms with van der Waals surface area (Å²) >= 11 is 0. The van der Waals surface area contributed by atoms with Crippen molar-refractivity contribution >= 4 is 11.6 Å². The van der Waals surface area contributed by atoms with Gasteiger partial charge in [0.2, 0.25) is 5.91 Å². The predicted molar refractivity (Wildman–Crippen MR) is 107 cm³/mol. The van der Waals surface area contributed by atoms with Gasteiger partial charge in [-0.3, -0.25) is 4.79 Å². The van der Waals surface area contributed by atoms with Crippen LogP contribution in [0.2, 0.25) is 0 Å². The Bertz CT molecular complexity index is 915. The summed E-state index contributed by atoms with van der Waals surface area (Å²) in [4.78, 5) is 16.8. The van der Waals surface area contributed by atoms with Crippen LogP contribution in [-0.2, 0) is 17.8 Å². The quantitative estimate of drug-likeness (QED) is 0.683. The number of nitrogens with one attached hydrogen (secondary N) is 1. The lowest BCUT2D eigenvalue weighted by molar-refractivity contribution is -0.115. The van der Waals surface area contributed by atoms with E-state index in [-0.39, 0.29) is 5.91 Å². The molecule has 0 aliphatic rings. The summed E-state index contributed by atoms with van der Waals surface area (Å²) in [5, 5.41) is 2.98. The van der Waals surface area contributed by atoms with Gasteiger partial charge in [0.05, 0.1) is 13.5 Å². The van der Waals surface area contributed by atoms with Crippen LogP contribution in [0.3, 0.4) is 0 Å². The number of carbonyl (C=O) groups excluding carboxylic acids is 1. The average molecular weight is 363 g/mol. The molecule has 3 rings (SSSR count). The summed E-state index contributed by atoms with van der Waals surface area (Å²) in [5.74, 6) is 2.13. The molecule has 0 unspecified atom stereocenters. The van der Waals surface area contributed by atoms with E-state index < -0.39 is 0 Å². The SMILES string of the molecule is COc1cccc(CC(=O)Nc2cccc(Cn3ccnc3C(C)C)c2)c1. The topological polar surface area (TPSA) is 56.1 Å². The maximum Gasteiger partial charge on any atom is 0.228 e. The van der Waals surface area contributed by atoms with Gasteiger partial charge < -0.3 is 14.6 Å². The Morgan fingerprint density at radius 1 is 1.15 bits per heavy atom. The van der Waals surface area contributed by atoms with Crippen LogP contribution in [0.1, 0.15) is 36.7 Å². The Hall–Kier alpha value is -3.08. The van der Waals surface area contributed by atoms with Crippen LogP contribution >= 0.6 is 0 Å². The van der Waals surface area contributed by atoms with Gasteiger partial charge in [0, 0.05) is 30.5 Å². The summed E-state index contributed by atoms with van der Waals surface area (Å²) in [7, 11) is 1.62. The number of hydrogen-bond donors (Lipinski definition) is 1. The third-order valence-corrected chi connectivity index (χ3v) is 4.33. The second-order valence-electron chi connectivity index (χ2n) is 6.84. The first-order chi connectivity index (χ1) is 13.0. The van der Waals surface area contributed by atoms with E-state index >= 15 is 0 Å². The fourth-order valence-corrected chi connectivity index (χ4v) is 3.07. The van der Waals surface area contributed by atoms with Gasteiger partial charge in [0.15, 0.2) is 0 Å². The van der Waals surface area contributed by atoms with Crippen molar-refractivity contribution in [3.8, 4) is 5.75 Å². The van der Waals surface area contributed by atoms with E-state index in [9.17, 15) is 4.79 Å². The number of methoxy groups -OCH3 is 1. The van der Waals surface area contributed by atoms with Crippen molar-refractivity contribution < 1.29 is 9.53 Å². The number of imidazole rings is 1. The van der Waals surface area contributed by atoms with Crippen molar-refractivity contribution in [2.75, 3.05) is 12.4 Å². The normalized spacial score (nSPS) is 10.8. The second kappa shape index (κ2) is 8.54. The van der Waals surface area contributed by atoms with Crippen LogP contribution in [0.25, 0.3) is 0 Å². The highest BCUT2D eigenvalue weighted by atomic mass is 16.5. The molecule has 1 amide bonds. The number of aromatic nitrogens is 2. The molecule has 5 heteroatoms. The van der Waals surface area contributed by atoms with E-state index in [1.54, 1.807) is 7.11 Å². The smallest absolute Gasteiger partial charge is 0.228 e. The Kier molecular flexibility index (Phi) is 5.91. The first-order valence-corrected chi connectivity index (χ1v) is 9.08. The van der Waals surface area contributed by atoms with Gasteiger partial charge >= 0.3 is 0 Å². The van der Waals surface area contributed by atoms with Crippen LogP contribution < -0.4 is 10.1 Å². The van der Waals surface area contributed by atoms with E-state index in [0.717, 1.165) is 34.9 Å². The molecule has 0 atom stereocenters. The molecule has 1 heterocycles. The molecule has 0 saturated heterocycles. The molecule has 0 aliphatic carbocycles. The Balaban J connectivity index is 1.66. The van der Waals surface area contributed by atoms with E-state index in [1.807, 2.05) is 54.9 Å². The Morgan fingerprint density at radius 3 is 2.70 bits per heavy atom. The van der Waals surface area contributed by atoms with Crippen molar-refractivity contribution in [2.45, 2.75) is 32.7 Å². The summed E-state index contributed by atoms with van der Waals surface area (Å²) in [6.07, 6.45) is 4.12. The monoisotopic (exact) mass is 363 g/mol. The lowest BCUT2D eigenvalue weighted by Gasteiger charge is -2.12. The molecule has 5 nitrogen and oxygen atoms in total. The molecule has 27 heavy (non-hydrogen) atoms. The van der Waals surface area contributed by atoms with Gasteiger partial charge in [-0.25, -0.2) is 4.98 Å². The van der Waals surface area contributed by atoms with Crippen molar-refractivity contribution in [1.82, 2.24) is 9.55 Å². The molecule has 0 aliphatic heterocycles. The first-order valence-electron chi connectivity index (χ1n) is 9.08. The van der Waals surface area contributed by atoms with Crippen LogP contribution in [0.5, 0.6) is 5.75 Å². The van der Waals surface area contributed by atoms with Gasteiger partial charge in [0.1, 0.15) is 11.6 Å². The molecular weight excluding hydrogens is 338 g/mol. The molecule has 140 valence electrons. The van der Waals surface area contributed by atoms with Gasteiger partial charge in [-0.1, -0.05) is 38.1 Å². The number of rotatable bonds is 7. The molecule has 3 aromatic rings. The fourth-order valence-electron chi connectivity index (χ4n) is 3.07. The number of nitrogens with zero attached hydrogens (tertiary/aromatic N) is 2. The van der Waals surface area contributed by atoms with E-state index in [2.05, 4.69) is 34.8 Å². The Morgan fingerprint density at radius 2 is 1.93 bits per heavy atom. The Labute approximate surface area is 160 Å². The van der Waals surface area contributed by atoms with Crippen molar-refractivity contribution in [3.05, 3.63) is 77.9 Å². The number of anilines is 1. The largest absolute Gasteiger partial charge is 0.497 e. The summed E-state index contributed by atoms with van der Waals surface area (Å²) < 4.78 is 7.35. The predicted octanol–water partition coefficient (Wildman–Crippen LogP) is 4.24.